The number of hydrogen-bond donors (Lipinski definition) is 2. The molecule has 5 heteroatoms. The molecule has 0 atom stereocenters. The van der Waals surface area contributed by atoms with E-state index in [0.717, 1.165) is 40.2 Å². The minimum atomic E-state index is 0.739. The number of hydrogen-bond acceptors (Lipinski definition) is 4. The molecule has 0 saturated carbocycles. The summed E-state index contributed by atoms with van der Waals surface area (Å²) in [5.74, 6) is 2.37. The molecular weight excluding hydrogens is 260 g/mol. The first-order chi connectivity index (χ1) is 9.13. The van der Waals surface area contributed by atoms with Gasteiger partial charge in [0.25, 0.3) is 0 Å². The van der Waals surface area contributed by atoms with Crippen LogP contribution in [0.2, 0.25) is 5.02 Å². The van der Waals surface area contributed by atoms with Crippen LogP contribution in [0.25, 0.3) is 0 Å². The van der Waals surface area contributed by atoms with E-state index in [2.05, 4.69) is 20.6 Å². The van der Waals surface area contributed by atoms with Gasteiger partial charge in [-0.05, 0) is 24.6 Å². The molecule has 100 valence electrons. The van der Waals surface area contributed by atoms with Crippen LogP contribution in [0.5, 0.6) is 0 Å². The molecule has 0 aliphatic carbocycles. The lowest BCUT2D eigenvalue weighted by Gasteiger charge is -2.12. The van der Waals surface area contributed by atoms with Gasteiger partial charge in [0.15, 0.2) is 0 Å². The number of halogens is 1. The average molecular weight is 277 g/mol. The molecule has 0 radical (unpaired) electrons. The number of aromatic nitrogens is 2. The lowest BCUT2D eigenvalue weighted by atomic mass is 10.2. The van der Waals surface area contributed by atoms with E-state index in [1.54, 1.807) is 0 Å². The van der Waals surface area contributed by atoms with E-state index in [9.17, 15) is 0 Å². The molecule has 0 unspecified atom stereocenters. The Hall–Kier alpha value is -1.81. The Balaban J connectivity index is 2.34. The highest BCUT2D eigenvalue weighted by Gasteiger charge is 2.06. The van der Waals surface area contributed by atoms with Crippen molar-refractivity contribution in [3.8, 4) is 0 Å². The highest BCUT2D eigenvalue weighted by molar-refractivity contribution is 6.31. The lowest BCUT2D eigenvalue weighted by Crippen LogP contribution is -2.03. The molecule has 2 aromatic rings. The monoisotopic (exact) mass is 276 g/mol. The smallest absolute Gasteiger partial charge is 0.136 e. The van der Waals surface area contributed by atoms with Crippen molar-refractivity contribution in [1.82, 2.24) is 9.97 Å². The Labute approximate surface area is 118 Å². The van der Waals surface area contributed by atoms with E-state index in [0.29, 0.717) is 0 Å². The third-order valence-electron chi connectivity index (χ3n) is 2.88. The zero-order chi connectivity index (χ0) is 13.8. The Morgan fingerprint density at radius 1 is 1.21 bits per heavy atom. The topological polar surface area (TPSA) is 49.8 Å². The SMILES string of the molecule is CCc1nc(NC)cc(Nc2cccc(Cl)c2C)n1. The predicted octanol–water partition coefficient (Wildman–Crippen LogP) is 3.79. The first kappa shape index (κ1) is 13.6. The van der Waals surface area contributed by atoms with Crippen molar-refractivity contribution < 1.29 is 0 Å². The van der Waals surface area contributed by atoms with Gasteiger partial charge in [0, 0.05) is 30.2 Å². The fraction of sp³-hybridized carbons (Fsp3) is 0.286. The van der Waals surface area contributed by atoms with Gasteiger partial charge in [-0.2, -0.15) is 0 Å². The van der Waals surface area contributed by atoms with Crippen molar-refractivity contribution >= 4 is 28.9 Å². The lowest BCUT2D eigenvalue weighted by molar-refractivity contribution is 0.944. The van der Waals surface area contributed by atoms with E-state index in [-0.39, 0.29) is 0 Å². The Morgan fingerprint density at radius 3 is 2.63 bits per heavy atom. The molecule has 1 heterocycles. The number of nitrogens with zero attached hydrogens (tertiary/aromatic N) is 2. The molecule has 1 aromatic heterocycles. The average Bonchev–Trinajstić information content (AvgIpc) is 2.43. The number of nitrogens with one attached hydrogen (secondary N) is 2. The van der Waals surface area contributed by atoms with Gasteiger partial charge in [-0.3, -0.25) is 0 Å². The minimum Gasteiger partial charge on any atom is -0.373 e. The van der Waals surface area contributed by atoms with Crippen molar-refractivity contribution in [1.29, 1.82) is 0 Å². The molecule has 0 amide bonds. The summed E-state index contributed by atoms with van der Waals surface area (Å²) in [5.41, 5.74) is 1.96. The van der Waals surface area contributed by atoms with Crippen LogP contribution in [0, 0.1) is 6.92 Å². The second-order valence-corrected chi connectivity index (χ2v) is 4.60. The van der Waals surface area contributed by atoms with Crippen molar-refractivity contribution in [2.75, 3.05) is 17.7 Å². The molecule has 0 saturated heterocycles. The number of benzene rings is 1. The Kier molecular flexibility index (Phi) is 4.22. The van der Waals surface area contributed by atoms with Gasteiger partial charge in [0.1, 0.15) is 17.5 Å². The second kappa shape index (κ2) is 5.89. The minimum absolute atomic E-state index is 0.739. The van der Waals surface area contributed by atoms with Gasteiger partial charge in [0.05, 0.1) is 0 Å². The van der Waals surface area contributed by atoms with Gasteiger partial charge in [-0.25, -0.2) is 9.97 Å². The molecule has 1 aromatic carbocycles. The number of rotatable bonds is 4. The summed E-state index contributed by atoms with van der Waals surface area (Å²) in [6.07, 6.45) is 0.790. The summed E-state index contributed by atoms with van der Waals surface area (Å²) in [5, 5.41) is 7.06. The van der Waals surface area contributed by atoms with Crippen LogP contribution in [0.15, 0.2) is 24.3 Å². The molecule has 0 aliphatic heterocycles. The van der Waals surface area contributed by atoms with E-state index in [1.807, 2.05) is 45.2 Å². The van der Waals surface area contributed by atoms with Crippen LogP contribution in [-0.2, 0) is 6.42 Å². The molecule has 2 rings (SSSR count). The molecule has 0 fully saturated rings. The fourth-order valence-corrected chi connectivity index (χ4v) is 1.90. The maximum atomic E-state index is 6.11. The van der Waals surface area contributed by atoms with E-state index in [4.69, 9.17) is 11.6 Å². The number of aryl methyl sites for hydroxylation is 1. The molecule has 0 aliphatic rings. The molecule has 4 nitrogen and oxygen atoms in total. The van der Waals surface area contributed by atoms with E-state index >= 15 is 0 Å². The van der Waals surface area contributed by atoms with Gasteiger partial charge >= 0.3 is 0 Å². The first-order valence-electron chi connectivity index (χ1n) is 6.22. The number of anilines is 3. The highest BCUT2D eigenvalue weighted by Crippen LogP contribution is 2.26. The van der Waals surface area contributed by atoms with Crippen LogP contribution < -0.4 is 10.6 Å². The van der Waals surface area contributed by atoms with Crippen molar-refractivity contribution in [3.63, 3.8) is 0 Å². The quantitative estimate of drug-likeness (QED) is 0.892. The maximum Gasteiger partial charge on any atom is 0.136 e. The van der Waals surface area contributed by atoms with Gasteiger partial charge in [-0.1, -0.05) is 24.6 Å². The van der Waals surface area contributed by atoms with Gasteiger partial charge < -0.3 is 10.6 Å². The Morgan fingerprint density at radius 2 is 1.95 bits per heavy atom. The highest BCUT2D eigenvalue weighted by atomic mass is 35.5. The summed E-state index contributed by atoms with van der Waals surface area (Å²) in [4.78, 5) is 8.82. The van der Waals surface area contributed by atoms with Gasteiger partial charge in [-0.15, -0.1) is 0 Å². The summed E-state index contributed by atoms with van der Waals surface area (Å²) < 4.78 is 0. The fourth-order valence-electron chi connectivity index (χ4n) is 1.73. The van der Waals surface area contributed by atoms with E-state index in [1.165, 1.54) is 0 Å². The van der Waals surface area contributed by atoms with Crippen LogP contribution in [0.4, 0.5) is 17.3 Å². The molecule has 2 N–H and O–H groups in total. The van der Waals surface area contributed by atoms with Crippen LogP contribution in [-0.4, -0.2) is 17.0 Å². The summed E-state index contributed by atoms with van der Waals surface area (Å²) >= 11 is 6.11. The van der Waals surface area contributed by atoms with Crippen LogP contribution in [0.1, 0.15) is 18.3 Å². The van der Waals surface area contributed by atoms with Crippen LogP contribution >= 0.6 is 11.6 Å². The second-order valence-electron chi connectivity index (χ2n) is 4.20. The third-order valence-corrected chi connectivity index (χ3v) is 3.28. The summed E-state index contributed by atoms with van der Waals surface area (Å²) in [7, 11) is 1.84. The Bertz CT molecular complexity index is 561. The largest absolute Gasteiger partial charge is 0.373 e. The molecule has 0 bridgehead atoms. The maximum absolute atomic E-state index is 6.11. The summed E-state index contributed by atoms with van der Waals surface area (Å²) in [6.45, 7) is 4.01. The van der Waals surface area contributed by atoms with Crippen LogP contribution in [0.3, 0.4) is 0 Å². The zero-order valence-corrected chi connectivity index (χ0v) is 12.0. The third kappa shape index (κ3) is 3.15. The molecule has 19 heavy (non-hydrogen) atoms. The normalized spacial score (nSPS) is 10.3. The predicted molar refractivity (Wildman–Crippen MR) is 80.4 cm³/mol. The van der Waals surface area contributed by atoms with Crippen molar-refractivity contribution in [3.05, 3.63) is 40.7 Å². The molecular formula is C14H17ClN4. The first-order valence-corrected chi connectivity index (χ1v) is 6.59. The van der Waals surface area contributed by atoms with Crippen molar-refractivity contribution in [2.24, 2.45) is 0 Å². The summed E-state index contributed by atoms with van der Waals surface area (Å²) in [6, 6.07) is 7.64. The van der Waals surface area contributed by atoms with Gasteiger partial charge in [0.2, 0.25) is 0 Å². The van der Waals surface area contributed by atoms with Crippen molar-refractivity contribution in [2.45, 2.75) is 20.3 Å². The zero-order valence-electron chi connectivity index (χ0n) is 11.3. The molecule has 0 spiro atoms. The van der Waals surface area contributed by atoms with E-state index < -0.39 is 0 Å². The standard InChI is InChI=1S/C14H17ClN4/c1-4-12-18-13(16-3)8-14(19-12)17-11-7-5-6-10(15)9(11)2/h5-8H,4H2,1-3H3,(H2,16,17,18,19).